The Balaban J connectivity index is 1.65. The summed E-state index contributed by atoms with van der Waals surface area (Å²) in [6.45, 7) is 12.8. The van der Waals surface area contributed by atoms with Crippen molar-refractivity contribution in [1.82, 2.24) is 9.97 Å². The Morgan fingerprint density at radius 1 is 0.941 bits per heavy atom. The number of nitrogens with zero attached hydrogens (tertiary/aromatic N) is 2. The van der Waals surface area contributed by atoms with E-state index in [-0.39, 0.29) is 45.1 Å². The molecule has 3 aliphatic heterocycles. The molecule has 0 saturated heterocycles. The van der Waals surface area contributed by atoms with E-state index in [1.54, 1.807) is 52.8 Å². The molecule has 272 valence electrons. The molecule has 9 atom stereocenters. The summed E-state index contributed by atoms with van der Waals surface area (Å²) in [5.41, 5.74) is -0.667. The Bertz CT molecular complexity index is 1880. The van der Waals surface area contributed by atoms with Gasteiger partial charge in [-0.2, -0.15) is 0 Å². The lowest BCUT2D eigenvalue weighted by Gasteiger charge is -2.38. The molecule has 13 heteroatoms. The van der Waals surface area contributed by atoms with E-state index in [2.05, 4.69) is 9.97 Å². The molecule has 0 spiro atoms. The first-order valence-corrected chi connectivity index (χ1v) is 16.8. The van der Waals surface area contributed by atoms with E-state index in [0.717, 1.165) is 0 Å². The third-order valence-electron chi connectivity index (χ3n) is 10.3. The molecule has 0 unspecified atom stereocenters. The van der Waals surface area contributed by atoms with Crippen LogP contribution in [0.5, 0.6) is 11.5 Å². The van der Waals surface area contributed by atoms with E-state index in [1.807, 2.05) is 0 Å². The standard InChI is InChI=1S/C38H44N2O11/c1-16-11-10-12-17(2)37-39-15-23-28(40-37)33(46)26-25(32(23)45)27-35(21(6)31(26)44)51-38(8,36(27)47)49-14-13-24(48-9)18(3)34(50-22(7)41)20(5)30(43)19(4)29(16)42/h10-16,18-20,24,29-30,34,42-44H,1-9H3/t16-,18-,19-,20-,24+,29-,30-,34+,38-/m0/s1. The first-order valence-electron chi connectivity index (χ1n) is 16.8. The first kappa shape index (κ1) is 37.5. The number of benzene rings is 1. The minimum absolute atomic E-state index is 0.0599. The Morgan fingerprint density at radius 3 is 2.27 bits per heavy atom. The SMILES string of the molecule is CO[C@@H]1C=CO[C@@]2(C)Oc3c(C)c(O)c4c(c3C2=O)C(=O)c2cnc(nc2C4=O)C(C)=CC=C[C@H](C)[C@H](O)[C@H](C)[C@H](O)[C@H](C)[C@H](OC(C)=O)[C@H]1C. The molecular formula is C38H44N2O11. The number of aromatic nitrogens is 2. The Labute approximate surface area is 296 Å². The number of aliphatic hydroxyl groups is 2. The number of ketones is 3. The molecule has 0 fully saturated rings. The number of aromatic hydroxyl groups is 1. The molecule has 0 radical (unpaired) electrons. The van der Waals surface area contributed by atoms with Crippen LogP contribution >= 0.6 is 0 Å². The van der Waals surface area contributed by atoms with Gasteiger partial charge in [0.05, 0.1) is 46.8 Å². The van der Waals surface area contributed by atoms with Gasteiger partial charge in [0.15, 0.2) is 11.6 Å². The smallest absolute Gasteiger partial charge is 0.312 e. The summed E-state index contributed by atoms with van der Waals surface area (Å²) in [6, 6.07) is 0. The van der Waals surface area contributed by atoms with Gasteiger partial charge in [0.1, 0.15) is 23.3 Å². The minimum atomic E-state index is -2.01. The highest BCUT2D eigenvalue weighted by Crippen LogP contribution is 2.48. The van der Waals surface area contributed by atoms with Gasteiger partial charge in [0.2, 0.25) is 5.78 Å². The van der Waals surface area contributed by atoms with Crippen LogP contribution in [0.4, 0.5) is 0 Å². The van der Waals surface area contributed by atoms with Gasteiger partial charge in [-0.05, 0) is 25.5 Å². The Hall–Kier alpha value is -4.72. The van der Waals surface area contributed by atoms with Gasteiger partial charge in [-0.3, -0.25) is 19.2 Å². The van der Waals surface area contributed by atoms with E-state index < -0.39 is 82.9 Å². The minimum Gasteiger partial charge on any atom is -0.507 e. The van der Waals surface area contributed by atoms with Crippen molar-refractivity contribution >= 4 is 28.9 Å². The summed E-state index contributed by atoms with van der Waals surface area (Å²) >= 11 is 0. The van der Waals surface area contributed by atoms with E-state index in [0.29, 0.717) is 5.57 Å². The number of carbonyl (C=O) groups excluding carboxylic acids is 4. The monoisotopic (exact) mass is 704 g/mol. The molecule has 51 heavy (non-hydrogen) atoms. The molecule has 3 N–H and O–H groups in total. The molecule has 1 aliphatic carbocycles. The number of aliphatic hydroxyl groups excluding tert-OH is 2. The quantitative estimate of drug-likeness (QED) is 0.321. The fourth-order valence-electron chi connectivity index (χ4n) is 7.05. The van der Waals surface area contributed by atoms with Crippen LogP contribution in [-0.4, -0.2) is 85.9 Å². The van der Waals surface area contributed by atoms with Gasteiger partial charge >= 0.3 is 11.8 Å². The fourth-order valence-corrected chi connectivity index (χ4v) is 7.05. The second kappa shape index (κ2) is 14.1. The lowest BCUT2D eigenvalue weighted by molar-refractivity contribution is -0.160. The van der Waals surface area contributed by atoms with Crippen LogP contribution in [0.3, 0.4) is 0 Å². The molecule has 13 nitrogen and oxygen atoms in total. The van der Waals surface area contributed by atoms with Gasteiger partial charge < -0.3 is 34.3 Å². The van der Waals surface area contributed by atoms with Gasteiger partial charge in [-0.25, -0.2) is 9.97 Å². The van der Waals surface area contributed by atoms with Crippen molar-refractivity contribution in [3.05, 3.63) is 76.1 Å². The van der Waals surface area contributed by atoms with Crippen molar-refractivity contribution in [3.63, 3.8) is 0 Å². The topological polar surface area (TPSA) is 192 Å². The van der Waals surface area contributed by atoms with Crippen molar-refractivity contribution in [2.75, 3.05) is 7.11 Å². The maximum atomic E-state index is 14.0. The summed E-state index contributed by atoms with van der Waals surface area (Å²) in [4.78, 5) is 62.9. The predicted molar refractivity (Wildman–Crippen MR) is 183 cm³/mol. The Kier molecular flexibility index (Phi) is 10.4. The van der Waals surface area contributed by atoms with Crippen LogP contribution in [-0.2, 0) is 19.0 Å². The fraction of sp³-hybridized carbons (Fsp3) is 0.474. The second-order valence-electron chi connectivity index (χ2n) is 13.8. The summed E-state index contributed by atoms with van der Waals surface area (Å²) in [5.74, 6) is -7.61. The highest BCUT2D eigenvalue weighted by atomic mass is 16.7. The maximum absolute atomic E-state index is 14.0. The van der Waals surface area contributed by atoms with Crippen LogP contribution < -0.4 is 4.74 Å². The van der Waals surface area contributed by atoms with Crippen molar-refractivity contribution in [2.45, 2.75) is 85.6 Å². The zero-order chi connectivity index (χ0) is 37.7. The van der Waals surface area contributed by atoms with Gasteiger partial charge in [-0.1, -0.05) is 45.9 Å². The number of ether oxygens (including phenoxy) is 4. The third-order valence-corrected chi connectivity index (χ3v) is 10.3. The number of allylic oxidation sites excluding steroid dienone is 3. The van der Waals surface area contributed by atoms with Crippen LogP contribution in [0.1, 0.15) is 102 Å². The van der Waals surface area contributed by atoms with Crippen molar-refractivity contribution in [1.29, 1.82) is 0 Å². The first-order chi connectivity index (χ1) is 23.9. The summed E-state index contributed by atoms with van der Waals surface area (Å²) in [7, 11) is 1.43. The number of Topliss-reactive ketones (excluding diaryl/α,β-unsaturated/α-hetero) is 1. The number of hydrogen-bond acceptors (Lipinski definition) is 13. The largest absolute Gasteiger partial charge is 0.507 e. The molecule has 2 aromatic rings. The van der Waals surface area contributed by atoms with Gasteiger partial charge in [0.25, 0.3) is 5.78 Å². The number of rotatable bonds is 2. The van der Waals surface area contributed by atoms with Crippen molar-refractivity contribution < 1.29 is 53.4 Å². The van der Waals surface area contributed by atoms with Crippen LogP contribution in [0.25, 0.3) is 5.57 Å². The molecule has 0 saturated carbocycles. The average Bonchev–Trinajstić information content (AvgIpc) is 3.36. The van der Waals surface area contributed by atoms with E-state index in [9.17, 15) is 34.5 Å². The lowest BCUT2D eigenvalue weighted by Crippen LogP contribution is -2.46. The highest BCUT2D eigenvalue weighted by Gasteiger charge is 2.52. The maximum Gasteiger partial charge on any atom is 0.312 e. The zero-order valence-electron chi connectivity index (χ0n) is 30.1. The molecule has 1 aromatic heterocycles. The summed E-state index contributed by atoms with van der Waals surface area (Å²) in [6.07, 6.45) is 5.28. The molecule has 4 heterocycles. The molecule has 0 amide bonds. The highest BCUT2D eigenvalue weighted by molar-refractivity contribution is 6.32. The van der Waals surface area contributed by atoms with Crippen LogP contribution in [0.2, 0.25) is 0 Å². The molecule has 4 aliphatic rings. The predicted octanol–water partition coefficient (Wildman–Crippen LogP) is 4.27. The molecular weight excluding hydrogens is 660 g/mol. The molecule has 7 bridgehead atoms. The number of esters is 1. The number of phenols is 1. The summed E-state index contributed by atoms with van der Waals surface area (Å²) in [5, 5.41) is 33.9. The summed E-state index contributed by atoms with van der Waals surface area (Å²) < 4.78 is 23.3. The number of hydrogen-bond donors (Lipinski definition) is 3. The number of fused-ring (bicyclic) bond motifs is 12. The van der Waals surface area contributed by atoms with Gasteiger partial charge in [0, 0.05) is 56.4 Å². The van der Waals surface area contributed by atoms with Crippen LogP contribution in [0, 0.1) is 30.6 Å². The van der Waals surface area contributed by atoms with Crippen molar-refractivity contribution in [2.24, 2.45) is 23.7 Å². The van der Waals surface area contributed by atoms with E-state index >= 15 is 0 Å². The average molecular weight is 705 g/mol. The Morgan fingerprint density at radius 2 is 1.63 bits per heavy atom. The normalized spacial score (nSPS) is 31.0. The second-order valence-corrected chi connectivity index (χ2v) is 13.8. The number of carbonyl (C=O) groups is 4. The van der Waals surface area contributed by atoms with E-state index in [1.165, 1.54) is 46.4 Å². The third kappa shape index (κ3) is 6.49. The molecule has 1 aromatic carbocycles. The molecule has 6 rings (SSSR count). The number of phenolic OH excluding ortho intramolecular Hbond substituents is 1. The van der Waals surface area contributed by atoms with Crippen LogP contribution in [0.15, 0.2) is 36.8 Å². The number of methoxy groups -OCH3 is 1. The van der Waals surface area contributed by atoms with E-state index in [4.69, 9.17) is 18.9 Å². The van der Waals surface area contributed by atoms with Crippen molar-refractivity contribution in [3.8, 4) is 11.5 Å². The zero-order valence-corrected chi connectivity index (χ0v) is 30.1. The lowest BCUT2D eigenvalue weighted by atomic mass is 9.78. The van der Waals surface area contributed by atoms with Gasteiger partial charge in [-0.15, -0.1) is 0 Å².